The van der Waals surface area contributed by atoms with E-state index in [2.05, 4.69) is 10.0 Å². The van der Waals surface area contributed by atoms with E-state index in [1.54, 1.807) is 24.3 Å². The second-order valence-electron chi connectivity index (χ2n) is 4.95. The molecule has 0 saturated carbocycles. The molecular weight excluding hydrogens is 328 g/mol. The summed E-state index contributed by atoms with van der Waals surface area (Å²) >= 11 is 0. The maximum Gasteiger partial charge on any atom is 0.261 e. The van der Waals surface area contributed by atoms with Crippen molar-refractivity contribution >= 4 is 21.6 Å². The largest absolute Gasteiger partial charge is 0.494 e. The fraction of sp³-hybridized carbons (Fsp3) is 0.235. The van der Waals surface area contributed by atoms with Gasteiger partial charge in [-0.05, 0) is 62.4 Å². The first-order chi connectivity index (χ1) is 11.5. The lowest BCUT2D eigenvalue weighted by Crippen LogP contribution is -2.22. The standard InChI is InChI=1S/C17H20N2O4S/c1-3-18-17(20)13-5-11-16(12-6-13)24(21,22)19-14-7-9-15(10-8-14)23-4-2/h5-12,19H,3-4H2,1-2H3,(H,18,20). The van der Waals surface area contributed by atoms with Gasteiger partial charge in [0.05, 0.1) is 11.5 Å². The van der Waals surface area contributed by atoms with E-state index in [0.717, 1.165) is 0 Å². The van der Waals surface area contributed by atoms with Crippen LogP contribution >= 0.6 is 0 Å². The van der Waals surface area contributed by atoms with Crippen molar-refractivity contribution in [2.24, 2.45) is 0 Å². The zero-order chi connectivity index (χ0) is 17.6. The van der Waals surface area contributed by atoms with Crippen LogP contribution in [-0.4, -0.2) is 27.5 Å². The smallest absolute Gasteiger partial charge is 0.261 e. The van der Waals surface area contributed by atoms with Crippen LogP contribution in [-0.2, 0) is 10.0 Å². The predicted octanol–water partition coefficient (Wildman–Crippen LogP) is 2.64. The molecule has 0 aliphatic carbocycles. The molecule has 2 N–H and O–H groups in total. The minimum absolute atomic E-state index is 0.0874. The minimum Gasteiger partial charge on any atom is -0.494 e. The SMILES string of the molecule is CCNC(=O)c1ccc(S(=O)(=O)Nc2ccc(OCC)cc2)cc1. The normalized spacial score (nSPS) is 10.9. The number of nitrogens with one attached hydrogen (secondary N) is 2. The maximum absolute atomic E-state index is 12.4. The van der Waals surface area contributed by atoms with Crippen LogP contribution in [0.4, 0.5) is 5.69 Å². The summed E-state index contributed by atoms with van der Waals surface area (Å²) < 4.78 is 32.6. The van der Waals surface area contributed by atoms with E-state index in [0.29, 0.717) is 30.2 Å². The Labute approximate surface area is 141 Å². The molecular formula is C17H20N2O4S. The Balaban J connectivity index is 2.13. The van der Waals surface area contributed by atoms with E-state index in [1.807, 2.05) is 13.8 Å². The highest BCUT2D eigenvalue weighted by Crippen LogP contribution is 2.20. The van der Waals surface area contributed by atoms with Crippen molar-refractivity contribution in [1.29, 1.82) is 0 Å². The van der Waals surface area contributed by atoms with Crippen LogP contribution in [0.3, 0.4) is 0 Å². The lowest BCUT2D eigenvalue weighted by Gasteiger charge is -2.10. The van der Waals surface area contributed by atoms with Gasteiger partial charge in [0.1, 0.15) is 5.75 Å². The molecule has 0 spiro atoms. The number of hydrogen-bond donors (Lipinski definition) is 2. The fourth-order valence-electron chi connectivity index (χ4n) is 2.05. The summed E-state index contributed by atoms with van der Waals surface area (Å²) in [4.78, 5) is 11.8. The van der Waals surface area contributed by atoms with Gasteiger partial charge in [-0.1, -0.05) is 0 Å². The molecule has 0 aliphatic rings. The zero-order valence-electron chi connectivity index (χ0n) is 13.6. The molecule has 0 fully saturated rings. The molecule has 0 aromatic heterocycles. The van der Waals surface area contributed by atoms with Crippen LogP contribution in [0.2, 0.25) is 0 Å². The van der Waals surface area contributed by atoms with Crippen LogP contribution in [0.15, 0.2) is 53.4 Å². The van der Waals surface area contributed by atoms with Crippen LogP contribution in [0.1, 0.15) is 24.2 Å². The number of rotatable bonds is 7. The van der Waals surface area contributed by atoms with E-state index in [1.165, 1.54) is 24.3 Å². The molecule has 128 valence electrons. The number of anilines is 1. The lowest BCUT2D eigenvalue weighted by atomic mass is 10.2. The third-order valence-electron chi connectivity index (χ3n) is 3.18. The molecule has 2 aromatic carbocycles. The van der Waals surface area contributed by atoms with Crippen molar-refractivity contribution in [2.75, 3.05) is 17.9 Å². The first kappa shape index (κ1) is 17.8. The Hall–Kier alpha value is -2.54. The average molecular weight is 348 g/mol. The molecule has 7 heteroatoms. The Bertz CT molecular complexity index is 784. The van der Waals surface area contributed by atoms with E-state index in [-0.39, 0.29) is 10.8 Å². The molecule has 0 unspecified atom stereocenters. The number of sulfonamides is 1. The van der Waals surface area contributed by atoms with E-state index < -0.39 is 10.0 Å². The Morgan fingerprint density at radius 3 is 2.17 bits per heavy atom. The third kappa shape index (κ3) is 4.48. The second-order valence-corrected chi connectivity index (χ2v) is 6.63. The quantitative estimate of drug-likeness (QED) is 0.805. The van der Waals surface area contributed by atoms with Crippen molar-refractivity contribution in [3.8, 4) is 5.75 Å². The average Bonchev–Trinajstić information content (AvgIpc) is 2.57. The summed E-state index contributed by atoms with van der Waals surface area (Å²) in [6, 6.07) is 12.4. The molecule has 0 bridgehead atoms. The molecule has 0 saturated heterocycles. The van der Waals surface area contributed by atoms with Crippen molar-refractivity contribution in [3.05, 3.63) is 54.1 Å². The number of carbonyl (C=O) groups is 1. The minimum atomic E-state index is -3.72. The van der Waals surface area contributed by atoms with Gasteiger partial charge in [0, 0.05) is 17.8 Å². The van der Waals surface area contributed by atoms with Gasteiger partial charge in [-0.2, -0.15) is 0 Å². The first-order valence-corrected chi connectivity index (χ1v) is 9.08. The Morgan fingerprint density at radius 2 is 1.62 bits per heavy atom. The monoisotopic (exact) mass is 348 g/mol. The van der Waals surface area contributed by atoms with Crippen molar-refractivity contribution < 1.29 is 17.9 Å². The lowest BCUT2D eigenvalue weighted by molar-refractivity contribution is 0.0955. The van der Waals surface area contributed by atoms with Gasteiger partial charge in [0.2, 0.25) is 0 Å². The number of ether oxygens (including phenoxy) is 1. The van der Waals surface area contributed by atoms with Gasteiger partial charge in [0.25, 0.3) is 15.9 Å². The Kier molecular flexibility index (Phi) is 5.81. The summed E-state index contributed by atoms with van der Waals surface area (Å²) in [5, 5.41) is 2.66. The molecule has 6 nitrogen and oxygen atoms in total. The van der Waals surface area contributed by atoms with Gasteiger partial charge >= 0.3 is 0 Å². The maximum atomic E-state index is 12.4. The number of amides is 1. The molecule has 1 amide bonds. The van der Waals surface area contributed by atoms with Crippen molar-refractivity contribution in [2.45, 2.75) is 18.7 Å². The molecule has 0 heterocycles. The van der Waals surface area contributed by atoms with Gasteiger partial charge in [-0.3, -0.25) is 9.52 Å². The molecule has 2 rings (SSSR count). The van der Waals surface area contributed by atoms with Gasteiger partial charge in [0.15, 0.2) is 0 Å². The predicted molar refractivity (Wildman–Crippen MR) is 92.9 cm³/mol. The summed E-state index contributed by atoms with van der Waals surface area (Å²) in [6.45, 7) is 4.75. The zero-order valence-corrected chi connectivity index (χ0v) is 14.4. The topological polar surface area (TPSA) is 84.5 Å². The van der Waals surface area contributed by atoms with Gasteiger partial charge in [-0.15, -0.1) is 0 Å². The van der Waals surface area contributed by atoms with E-state index in [9.17, 15) is 13.2 Å². The number of carbonyl (C=O) groups excluding carboxylic acids is 1. The summed E-state index contributed by atoms with van der Waals surface area (Å²) in [5.41, 5.74) is 0.850. The molecule has 0 radical (unpaired) electrons. The highest BCUT2D eigenvalue weighted by molar-refractivity contribution is 7.92. The summed E-state index contributed by atoms with van der Waals surface area (Å²) in [5.74, 6) is 0.438. The van der Waals surface area contributed by atoms with E-state index in [4.69, 9.17) is 4.74 Å². The number of hydrogen-bond acceptors (Lipinski definition) is 4. The van der Waals surface area contributed by atoms with Crippen LogP contribution in [0, 0.1) is 0 Å². The highest BCUT2D eigenvalue weighted by atomic mass is 32.2. The fourth-order valence-corrected chi connectivity index (χ4v) is 3.11. The molecule has 2 aromatic rings. The highest BCUT2D eigenvalue weighted by Gasteiger charge is 2.15. The van der Waals surface area contributed by atoms with E-state index >= 15 is 0 Å². The second kappa shape index (κ2) is 7.83. The van der Waals surface area contributed by atoms with Gasteiger partial charge < -0.3 is 10.1 Å². The van der Waals surface area contributed by atoms with Crippen LogP contribution in [0.25, 0.3) is 0 Å². The van der Waals surface area contributed by atoms with Crippen molar-refractivity contribution in [3.63, 3.8) is 0 Å². The first-order valence-electron chi connectivity index (χ1n) is 7.60. The van der Waals surface area contributed by atoms with Crippen molar-refractivity contribution in [1.82, 2.24) is 5.32 Å². The number of benzene rings is 2. The summed E-state index contributed by atoms with van der Waals surface area (Å²) in [7, 11) is -3.72. The summed E-state index contributed by atoms with van der Waals surface area (Å²) in [6.07, 6.45) is 0. The molecule has 0 aliphatic heterocycles. The Morgan fingerprint density at radius 1 is 1.00 bits per heavy atom. The third-order valence-corrected chi connectivity index (χ3v) is 4.58. The molecule has 0 atom stereocenters. The van der Waals surface area contributed by atoms with Crippen LogP contribution in [0.5, 0.6) is 5.75 Å². The molecule has 24 heavy (non-hydrogen) atoms. The van der Waals surface area contributed by atoms with Crippen LogP contribution < -0.4 is 14.8 Å². The van der Waals surface area contributed by atoms with Gasteiger partial charge in [-0.25, -0.2) is 8.42 Å².